The number of benzene rings is 1. The van der Waals surface area contributed by atoms with Crippen molar-refractivity contribution in [3.63, 3.8) is 0 Å². The summed E-state index contributed by atoms with van der Waals surface area (Å²) in [5, 5.41) is 12.1. The minimum Gasteiger partial charge on any atom is -0.493 e. The van der Waals surface area contributed by atoms with E-state index in [4.69, 9.17) is 19.3 Å². The van der Waals surface area contributed by atoms with Gasteiger partial charge in [-0.3, -0.25) is 0 Å². The summed E-state index contributed by atoms with van der Waals surface area (Å²) in [7, 11) is 1.64. The Kier molecular flexibility index (Phi) is 5.95. The zero-order valence-corrected chi connectivity index (χ0v) is 12.0. The molecule has 0 unspecified atom stereocenters. The van der Waals surface area contributed by atoms with Crippen LogP contribution in [-0.4, -0.2) is 38.6 Å². The average Bonchev–Trinajstić information content (AvgIpc) is 2.50. The minimum absolute atomic E-state index is 0.277. The highest BCUT2D eigenvalue weighted by molar-refractivity contribution is 5.54. The minimum atomic E-state index is 0.277. The molecule has 0 amide bonds. The standard InChI is InChI=1S/C15H23NO4/c1-18-13-9-12(11-16-5-3-2-4-6-17)10-14-15(13)20-8-7-19-14/h9-10,16-17H,2-8,11H2,1H3. The van der Waals surface area contributed by atoms with Gasteiger partial charge in [0.05, 0.1) is 7.11 Å². The highest BCUT2D eigenvalue weighted by Crippen LogP contribution is 2.40. The summed E-state index contributed by atoms with van der Waals surface area (Å²) in [5.74, 6) is 2.18. The van der Waals surface area contributed by atoms with Crippen molar-refractivity contribution < 1.29 is 19.3 Å². The number of aliphatic hydroxyl groups is 1. The number of fused-ring (bicyclic) bond motifs is 1. The normalized spacial score (nSPS) is 13.3. The van der Waals surface area contributed by atoms with Crippen LogP contribution in [-0.2, 0) is 6.54 Å². The molecule has 5 heteroatoms. The maximum Gasteiger partial charge on any atom is 0.203 e. The van der Waals surface area contributed by atoms with Gasteiger partial charge in [0.2, 0.25) is 5.75 Å². The molecule has 1 aromatic carbocycles. The van der Waals surface area contributed by atoms with Crippen LogP contribution in [0.2, 0.25) is 0 Å². The first-order valence-electron chi connectivity index (χ1n) is 7.13. The zero-order chi connectivity index (χ0) is 14.2. The molecule has 0 aliphatic carbocycles. The number of nitrogens with one attached hydrogen (secondary N) is 1. The molecule has 0 saturated heterocycles. The zero-order valence-electron chi connectivity index (χ0n) is 12.0. The van der Waals surface area contributed by atoms with Crippen molar-refractivity contribution in [1.29, 1.82) is 0 Å². The molecule has 1 heterocycles. The Bertz CT molecular complexity index is 405. The molecule has 0 spiro atoms. The van der Waals surface area contributed by atoms with Gasteiger partial charge in [0, 0.05) is 13.2 Å². The maximum atomic E-state index is 8.71. The maximum absolute atomic E-state index is 8.71. The third kappa shape index (κ3) is 4.02. The summed E-state index contributed by atoms with van der Waals surface area (Å²) in [5.41, 5.74) is 1.12. The molecule has 0 saturated carbocycles. The van der Waals surface area contributed by atoms with Gasteiger partial charge in [0.15, 0.2) is 11.5 Å². The van der Waals surface area contributed by atoms with Gasteiger partial charge < -0.3 is 24.6 Å². The Morgan fingerprint density at radius 3 is 2.85 bits per heavy atom. The number of rotatable bonds is 8. The molecule has 0 radical (unpaired) electrons. The molecule has 112 valence electrons. The van der Waals surface area contributed by atoms with Gasteiger partial charge in [-0.05, 0) is 43.5 Å². The van der Waals surface area contributed by atoms with E-state index in [0.29, 0.717) is 19.0 Å². The highest BCUT2D eigenvalue weighted by atomic mass is 16.6. The summed E-state index contributed by atoms with van der Waals surface area (Å²) in [4.78, 5) is 0. The number of methoxy groups -OCH3 is 1. The van der Waals surface area contributed by atoms with E-state index in [1.165, 1.54) is 0 Å². The van der Waals surface area contributed by atoms with E-state index in [2.05, 4.69) is 5.32 Å². The average molecular weight is 281 g/mol. The molecule has 1 aliphatic heterocycles. The van der Waals surface area contributed by atoms with Gasteiger partial charge in [-0.25, -0.2) is 0 Å². The van der Waals surface area contributed by atoms with Crippen molar-refractivity contribution in [2.24, 2.45) is 0 Å². The van der Waals surface area contributed by atoms with Gasteiger partial charge in [0.25, 0.3) is 0 Å². The fourth-order valence-corrected chi connectivity index (χ4v) is 2.20. The molecule has 1 aliphatic rings. The molecule has 0 bridgehead atoms. The van der Waals surface area contributed by atoms with E-state index in [9.17, 15) is 0 Å². The van der Waals surface area contributed by atoms with Crippen molar-refractivity contribution in [2.75, 3.05) is 33.5 Å². The van der Waals surface area contributed by atoms with Crippen LogP contribution in [0.4, 0.5) is 0 Å². The number of aliphatic hydroxyl groups excluding tert-OH is 1. The Labute approximate surface area is 119 Å². The predicted molar refractivity (Wildman–Crippen MR) is 76.6 cm³/mol. The topological polar surface area (TPSA) is 60.0 Å². The monoisotopic (exact) mass is 281 g/mol. The van der Waals surface area contributed by atoms with E-state index in [1.54, 1.807) is 7.11 Å². The second-order valence-electron chi connectivity index (χ2n) is 4.78. The third-order valence-electron chi connectivity index (χ3n) is 3.23. The largest absolute Gasteiger partial charge is 0.493 e. The van der Waals surface area contributed by atoms with Crippen LogP contribution in [0.3, 0.4) is 0 Å². The molecular weight excluding hydrogens is 258 g/mol. The van der Waals surface area contributed by atoms with Crippen molar-refractivity contribution >= 4 is 0 Å². The number of hydrogen-bond donors (Lipinski definition) is 2. The summed E-state index contributed by atoms with van der Waals surface area (Å²) in [6, 6.07) is 3.98. The summed E-state index contributed by atoms with van der Waals surface area (Å²) in [6.45, 7) is 3.13. The van der Waals surface area contributed by atoms with Crippen molar-refractivity contribution in [1.82, 2.24) is 5.32 Å². The summed E-state index contributed by atoms with van der Waals surface area (Å²) in [6.07, 6.45) is 3.00. The lowest BCUT2D eigenvalue weighted by atomic mass is 10.1. The van der Waals surface area contributed by atoms with Gasteiger partial charge in [-0.15, -0.1) is 0 Å². The van der Waals surface area contributed by atoms with Crippen molar-refractivity contribution in [3.05, 3.63) is 17.7 Å². The third-order valence-corrected chi connectivity index (χ3v) is 3.23. The SMILES string of the molecule is COc1cc(CNCCCCCO)cc2c1OCCO2. The first-order valence-corrected chi connectivity index (χ1v) is 7.13. The van der Waals surface area contributed by atoms with Gasteiger partial charge in [0.1, 0.15) is 13.2 Å². The lowest BCUT2D eigenvalue weighted by Gasteiger charge is -2.21. The van der Waals surface area contributed by atoms with Crippen LogP contribution in [0.1, 0.15) is 24.8 Å². The fraction of sp³-hybridized carbons (Fsp3) is 0.600. The van der Waals surface area contributed by atoms with Gasteiger partial charge in [-0.1, -0.05) is 0 Å². The molecular formula is C15H23NO4. The fourth-order valence-electron chi connectivity index (χ4n) is 2.20. The van der Waals surface area contributed by atoms with Gasteiger partial charge >= 0.3 is 0 Å². The van der Waals surface area contributed by atoms with Crippen molar-refractivity contribution in [3.8, 4) is 17.2 Å². The Morgan fingerprint density at radius 2 is 2.05 bits per heavy atom. The van der Waals surface area contributed by atoms with Crippen LogP contribution in [0.25, 0.3) is 0 Å². The molecule has 0 atom stereocenters. The molecule has 0 aromatic heterocycles. The molecule has 20 heavy (non-hydrogen) atoms. The van der Waals surface area contributed by atoms with E-state index in [-0.39, 0.29) is 6.61 Å². The Morgan fingerprint density at radius 1 is 1.20 bits per heavy atom. The second kappa shape index (κ2) is 7.97. The van der Waals surface area contributed by atoms with Crippen molar-refractivity contribution in [2.45, 2.75) is 25.8 Å². The van der Waals surface area contributed by atoms with E-state index >= 15 is 0 Å². The molecule has 2 N–H and O–H groups in total. The summed E-state index contributed by atoms with van der Waals surface area (Å²) >= 11 is 0. The van der Waals surface area contributed by atoms with E-state index in [0.717, 1.165) is 49.4 Å². The molecule has 1 aromatic rings. The van der Waals surface area contributed by atoms with E-state index in [1.807, 2.05) is 12.1 Å². The van der Waals surface area contributed by atoms with Crippen LogP contribution in [0, 0.1) is 0 Å². The molecule has 0 fully saturated rings. The number of hydrogen-bond acceptors (Lipinski definition) is 5. The van der Waals surface area contributed by atoms with Crippen LogP contribution in [0.15, 0.2) is 12.1 Å². The Balaban J connectivity index is 1.88. The first kappa shape index (κ1) is 14.9. The lowest BCUT2D eigenvalue weighted by Crippen LogP contribution is -2.18. The number of unbranched alkanes of at least 4 members (excludes halogenated alkanes) is 2. The quantitative estimate of drug-likeness (QED) is 0.711. The second-order valence-corrected chi connectivity index (χ2v) is 4.78. The van der Waals surface area contributed by atoms with Crippen LogP contribution in [0.5, 0.6) is 17.2 Å². The molecule has 2 rings (SSSR count). The highest BCUT2D eigenvalue weighted by Gasteiger charge is 2.18. The predicted octanol–water partition coefficient (Wildman–Crippen LogP) is 1.72. The lowest BCUT2D eigenvalue weighted by molar-refractivity contribution is 0.165. The smallest absolute Gasteiger partial charge is 0.203 e. The van der Waals surface area contributed by atoms with Crippen LogP contribution >= 0.6 is 0 Å². The van der Waals surface area contributed by atoms with Gasteiger partial charge in [-0.2, -0.15) is 0 Å². The molecule has 5 nitrogen and oxygen atoms in total. The van der Waals surface area contributed by atoms with E-state index < -0.39 is 0 Å². The Hall–Kier alpha value is -1.46. The number of ether oxygens (including phenoxy) is 3. The summed E-state index contributed by atoms with van der Waals surface area (Å²) < 4.78 is 16.5. The first-order chi connectivity index (χ1) is 9.85. The van der Waals surface area contributed by atoms with Crippen LogP contribution < -0.4 is 19.5 Å².